The van der Waals surface area contributed by atoms with E-state index in [2.05, 4.69) is 0 Å². The van der Waals surface area contributed by atoms with E-state index in [-0.39, 0.29) is 30.1 Å². The van der Waals surface area contributed by atoms with Crippen molar-refractivity contribution in [3.63, 3.8) is 0 Å². The molecule has 0 aromatic rings. The number of ether oxygens (including phenoxy) is 2. The van der Waals surface area contributed by atoms with Gasteiger partial charge in [0.05, 0.1) is 13.0 Å². The third-order valence-corrected chi connectivity index (χ3v) is 3.14. The molecular weight excluding hydrogens is 344 g/mol. The zero-order valence-electron chi connectivity index (χ0n) is 16.6. The van der Waals surface area contributed by atoms with Crippen molar-refractivity contribution < 1.29 is 29.0 Å². The Balaban J connectivity index is 0. The predicted molar refractivity (Wildman–Crippen MR) is 100 cm³/mol. The summed E-state index contributed by atoms with van der Waals surface area (Å²) in [7, 11) is 0. The van der Waals surface area contributed by atoms with Crippen molar-refractivity contribution in [1.29, 1.82) is 0 Å². The highest BCUT2D eigenvalue weighted by atomic mass is 32.2. The molecule has 0 saturated carbocycles. The maximum absolute atomic E-state index is 11.3. The Morgan fingerprint density at radius 1 is 0.840 bits per heavy atom. The lowest BCUT2D eigenvalue weighted by Gasteiger charge is -2.19. The molecule has 0 bridgehead atoms. The molecule has 0 rings (SSSR count). The first kappa shape index (κ1) is 26.2. The van der Waals surface area contributed by atoms with Gasteiger partial charge in [-0.25, -0.2) is 0 Å². The van der Waals surface area contributed by atoms with Crippen molar-refractivity contribution in [1.82, 2.24) is 0 Å². The number of esters is 2. The number of rotatable bonds is 7. The molecule has 0 aliphatic carbocycles. The van der Waals surface area contributed by atoms with Crippen LogP contribution in [0.4, 0.5) is 0 Å². The van der Waals surface area contributed by atoms with Gasteiger partial charge in [-0.2, -0.15) is 0 Å². The van der Waals surface area contributed by atoms with Crippen molar-refractivity contribution in [2.75, 3.05) is 12.4 Å². The van der Waals surface area contributed by atoms with E-state index in [4.69, 9.17) is 14.6 Å². The van der Waals surface area contributed by atoms with Gasteiger partial charge < -0.3 is 14.6 Å². The second-order valence-electron chi connectivity index (χ2n) is 7.44. The minimum atomic E-state index is -0.438. The minimum Gasteiger partial charge on any atom is -0.460 e. The Bertz CT molecular complexity index is 407. The van der Waals surface area contributed by atoms with E-state index in [1.807, 2.05) is 20.8 Å². The van der Waals surface area contributed by atoms with E-state index in [0.29, 0.717) is 6.42 Å². The van der Waals surface area contributed by atoms with Crippen molar-refractivity contribution >= 4 is 28.8 Å². The van der Waals surface area contributed by atoms with Gasteiger partial charge in [0.25, 0.3) is 0 Å². The van der Waals surface area contributed by atoms with Gasteiger partial charge in [-0.05, 0) is 54.4 Å². The van der Waals surface area contributed by atoms with Gasteiger partial charge in [0, 0.05) is 19.1 Å². The molecule has 0 saturated heterocycles. The molecule has 0 heterocycles. The molecule has 25 heavy (non-hydrogen) atoms. The van der Waals surface area contributed by atoms with E-state index >= 15 is 0 Å². The van der Waals surface area contributed by atoms with Crippen LogP contribution in [0.5, 0.6) is 0 Å². The van der Waals surface area contributed by atoms with Gasteiger partial charge in [-0.1, -0.05) is 11.8 Å². The van der Waals surface area contributed by atoms with Gasteiger partial charge in [-0.3, -0.25) is 14.4 Å². The zero-order valence-corrected chi connectivity index (χ0v) is 17.5. The summed E-state index contributed by atoms with van der Waals surface area (Å²) in [6, 6.07) is 0. The number of carbonyl (C=O) groups excluding carboxylic acids is 3. The van der Waals surface area contributed by atoms with Gasteiger partial charge in [-0.15, -0.1) is 0 Å². The summed E-state index contributed by atoms with van der Waals surface area (Å²) < 4.78 is 10.0. The first-order valence-electron chi connectivity index (χ1n) is 8.45. The Kier molecular flexibility index (Phi) is 13.8. The van der Waals surface area contributed by atoms with E-state index in [1.54, 1.807) is 27.7 Å². The number of hydrogen-bond acceptors (Lipinski definition) is 7. The molecular formula is C18H34O6S. The van der Waals surface area contributed by atoms with E-state index < -0.39 is 11.2 Å². The summed E-state index contributed by atoms with van der Waals surface area (Å²) in [5.41, 5.74) is -0.836. The fourth-order valence-electron chi connectivity index (χ4n) is 1.46. The van der Waals surface area contributed by atoms with Crippen molar-refractivity contribution in [3.8, 4) is 0 Å². The second-order valence-corrected chi connectivity index (χ2v) is 8.72. The maximum Gasteiger partial charge on any atom is 0.308 e. The van der Waals surface area contributed by atoms with E-state index in [9.17, 15) is 14.4 Å². The van der Waals surface area contributed by atoms with Crippen LogP contribution < -0.4 is 0 Å². The molecule has 0 amide bonds. The number of thioether (sulfide) groups is 1. The molecule has 0 aliphatic heterocycles. The normalized spacial score (nSPS) is 11.2. The number of hydrogen-bond donors (Lipinski definition) is 1. The SMILES string of the molecule is CC(=O)SCCCCC(=O)OC(C)(C)C.CC(C)(C)OC(=O)CCO. The second kappa shape index (κ2) is 13.2. The van der Waals surface area contributed by atoms with Crippen LogP contribution in [0, 0.1) is 0 Å². The topological polar surface area (TPSA) is 89.9 Å². The summed E-state index contributed by atoms with van der Waals surface area (Å²) in [5, 5.41) is 8.46. The molecule has 0 aromatic carbocycles. The summed E-state index contributed by atoms with van der Waals surface area (Å²) in [4.78, 5) is 32.5. The molecule has 6 nitrogen and oxygen atoms in total. The smallest absolute Gasteiger partial charge is 0.308 e. The summed E-state index contributed by atoms with van der Waals surface area (Å²) in [6.07, 6.45) is 2.19. The minimum absolute atomic E-state index is 0.0806. The lowest BCUT2D eigenvalue weighted by molar-refractivity contribution is -0.156. The van der Waals surface area contributed by atoms with Gasteiger partial charge in [0.1, 0.15) is 11.2 Å². The van der Waals surface area contributed by atoms with E-state index in [1.165, 1.54) is 11.8 Å². The Morgan fingerprint density at radius 3 is 1.64 bits per heavy atom. The van der Waals surface area contributed by atoms with Crippen LogP contribution in [0.3, 0.4) is 0 Å². The van der Waals surface area contributed by atoms with E-state index in [0.717, 1.165) is 18.6 Å². The molecule has 1 N–H and O–H groups in total. The van der Waals surface area contributed by atoms with Crippen molar-refractivity contribution in [3.05, 3.63) is 0 Å². The molecule has 7 heteroatoms. The van der Waals surface area contributed by atoms with Gasteiger partial charge in [0.2, 0.25) is 0 Å². The van der Waals surface area contributed by atoms with Crippen LogP contribution in [0.25, 0.3) is 0 Å². The maximum atomic E-state index is 11.3. The predicted octanol–water partition coefficient (Wildman–Crippen LogP) is 3.49. The first-order chi connectivity index (χ1) is 11.3. The Hall–Kier alpha value is -1.08. The molecule has 0 spiro atoms. The van der Waals surface area contributed by atoms with Crippen LogP contribution in [-0.2, 0) is 23.9 Å². The zero-order chi connectivity index (χ0) is 20.1. The van der Waals surface area contributed by atoms with Crippen molar-refractivity contribution in [2.45, 2.75) is 85.4 Å². The lowest BCUT2D eigenvalue weighted by atomic mass is 10.2. The molecule has 0 radical (unpaired) electrons. The van der Waals surface area contributed by atoms with Crippen LogP contribution in [-0.4, -0.2) is 45.7 Å². The standard InChI is InChI=1S/C11H20O3S.C7H14O3/c1-9(12)15-8-6-5-7-10(13)14-11(2,3)4;1-7(2,3)10-6(9)4-5-8/h5-8H2,1-4H3;8H,4-5H2,1-3H3. The molecule has 0 aliphatic rings. The summed E-state index contributed by atoms with van der Waals surface area (Å²) in [6.45, 7) is 12.4. The highest BCUT2D eigenvalue weighted by Gasteiger charge is 2.16. The molecule has 0 atom stereocenters. The van der Waals surface area contributed by atoms with Gasteiger partial charge >= 0.3 is 11.9 Å². The van der Waals surface area contributed by atoms with Crippen LogP contribution in [0.15, 0.2) is 0 Å². The fraction of sp³-hybridized carbons (Fsp3) is 0.833. The van der Waals surface area contributed by atoms with Gasteiger partial charge in [0.15, 0.2) is 5.12 Å². The Labute approximate surface area is 156 Å². The molecule has 148 valence electrons. The number of aliphatic hydroxyl groups excluding tert-OH is 1. The van der Waals surface area contributed by atoms with Crippen molar-refractivity contribution in [2.24, 2.45) is 0 Å². The van der Waals surface area contributed by atoms with Crippen LogP contribution in [0.1, 0.15) is 74.1 Å². The number of carbonyl (C=O) groups is 3. The summed E-state index contributed by atoms with van der Waals surface area (Å²) in [5.74, 6) is 0.281. The Morgan fingerprint density at radius 2 is 1.28 bits per heavy atom. The van der Waals surface area contributed by atoms with Crippen LogP contribution >= 0.6 is 11.8 Å². The highest BCUT2D eigenvalue weighted by Crippen LogP contribution is 2.11. The van der Waals surface area contributed by atoms with Crippen LogP contribution in [0.2, 0.25) is 0 Å². The average molecular weight is 379 g/mol. The third-order valence-electron chi connectivity index (χ3n) is 2.24. The highest BCUT2D eigenvalue weighted by molar-refractivity contribution is 8.13. The molecule has 0 aromatic heterocycles. The summed E-state index contributed by atoms with van der Waals surface area (Å²) >= 11 is 1.31. The quantitative estimate of drug-likeness (QED) is 0.536. The molecule has 0 fully saturated rings. The number of aliphatic hydroxyl groups is 1. The average Bonchev–Trinajstić information content (AvgIpc) is 2.34. The molecule has 0 unspecified atom stereocenters. The first-order valence-corrected chi connectivity index (χ1v) is 9.43. The monoisotopic (exact) mass is 378 g/mol. The number of unbranched alkanes of at least 4 members (excludes halogenated alkanes) is 1. The fourth-order valence-corrected chi connectivity index (χ4v) is 2.10. The third kappa shape index (κ3) is 25.3. The largest absolute Gasteiger partial charge is 0.460 e. The lowest BCUT2D eigenvalue weighted by Crippen LogP contribution is -2.24.